The smallest absolute Gasteiger partial charge is 0.282 e. The third-order valence-corrected chi connectivity index (χ3v) is 3.99. The number of nitrogens with one attached hydrogen (secondary N) is 1. The Bertz CT molecular complexity index is 740. The van der Waals surface area contributed by atoms with Crippen LogP contribution in [0.15, 0.2) is 42.5 Å². The Balaban J connectivity index is 1.91. The molecule has 1 amide bonds. The SMILES string of the molecule is O=C(Nc1cccc2c1CCCC2)c1ccccc1[N+](=O)[O-]. The number of aryl methyl sites for hydroxylation is 1. The highest BCUT2D eigenvalue weighted by atomic mass is 16.6. The Kier molecular flexibility index (Phi) is 3.87. The van der Waals surface area contributed by atoms with Crippen LogP contribution in [0.5, 0.6) is 0 Å². The number of nitro groups is 1. The minimum Gasteiger partial charge on any atom is -0.322 e. The third kappa shape index (κ3) is 2.70. The monoisotopic (exact) mass is 296 g/mol. The van der Waals surface area contributed by atoms with Crippen molar-refractivity contribution in [2.45, 2.75) is 25.7 Å². The van der Waals surface area contributed by atoms with Gasteiger partial charge in [0.05, 0.1) is 4.92 Å². The van der Waals surface area contributed by atoms with E-state index in [9.17, 15) is 14.9 Å². The molecule has 2 aromatic carbocycles. The molecule has 0 heterocycles. The van der Waals surface area contributed by atoms with Crippen LogP contribution < -0.4 is 5.32 Å². The summed E-state index contributed by atoms with van der Waals surface area (Å²) in [5.74, 6) is -0.439. The van der Waals surface area contributed by atoms with E-state index in [2.05, 4.69) is 11.4 Å². The maximum absolute atomic E-state index is 12.4. The highest BCUT2D eigenvalue weighted by molar-refractivity contribution is 6.07. The summed E-state index contributed by atoms with van der Waals surface area (Å²) in [5.41, 5.74) is 3.08. The van der Waals surface area contributed by atoms with Gasteiger partial charge in [0.15, 0.2) is 0 Å². The molecule has 0 saturated carbocycles. The Labute approximate surface area is 128 Å². The minimum absolute atomic E-state index is 0.0842. The molecular weight excluding hydrogens is 280 g/mol. The number of para-hydroxylation sites is 1. The lowest BCUT2D eigenvalue weighted by molar-refractivity contribution is -0.385. The summed E-state index contributed by atoms with van der Waals surface area (Å²) in [5, 5.41) is 13.9. The summed E-state index contributed by atoms with van der Waals surface area (Å²) in [7, 11) is 0. The summed E-state index contributed by atoms with van der Waals surface area (Å²) in [4.78, 5) is 22.9. The van der Waals surface area contributed by atoms with Crippen molar-refractivity contribution >= 4 is 17.3 Å². The van der Waals surface area contributed by atoms with Gasteiger partial charge in [0.2, 0.25) is 0 Å². The largest absolute Gasteiger partial charge is 0.322 e. The lowest BCUT2D eigenvalue weighted by Crippen LogP contribution is -2.16. The van der Waals surface area contributed by atoms with Crippen molar-refractivity contribution in [2.24, 2.45) is 0 Å². The van der Waals surface area contributed by atoms with Crippen LogP contribution in [0, 0.1) is 10.1 Å². The summed E-state index contributed by atoms with van der Waals surface area (Å²) in [6.07, 6.45) is 4.22. The first-order chi connectivity index (χ1) is 10.7. The van der Waals surface area contributed by atoms with E-state index < -0.39 is 10.8 Å². The van der Waals surface area contributed by atoms with E-state index in [0.717, 1.165) is 36.9 Å². The summed E-state index contributed by atoms with van der Waals surface area (Å²) in [6.45, 7) is 0. The number of hydrogen-bond acceptors (Lipinski definition) is 3. The summed E-state index contributed by atoms with van der Waals surface area (Å²) in [6, 6.07) is 11.9. The molecule has 0 bridgehead atoms. The number of benzene rings is 2. The Morgan fingerprint density at radius 2 is 1.82 bits per heavy atom. The van der Waals surface area contributed by atoms with Crippen molar-refractivity contribution in [1.82, 2.24) is 0 Å². The zero-order chi connectivity index (χ0) is 15.5. The quantitative estimate of drug-likeness (QED) is 0.693. The normalized spacial score (nSPS) is 13.3. The van der Waals surface area contributed by atoms with Gasteiger partial charge in [0, 0.05) is 11.8 Å². The minimum atomic E-state index is -0.532. The number of rotatable bonds is 3. The predicted octanol–water partition coefficient (Wildman–Crippen LogP) is 3.73. The van der Waals surface area contributed by atoms with Gasteiger partial charge in [-0.3, -0.25) is 14.9 Å². The van der Waals surface area contributed by atoms with E-state index >= 15 is 0 Å². The Hall–Kier alpha value is -2.69. The maximum Gasteiger partial charge on any atom is 0.282 e. The molecule has 0 atom stereocenters. The van der Waals surface area contributed by atoms with Crippen molar-refractivity contribution in [1.29, 1.82) is 0 Å². The van der Waals surface area contributed by atoms with E-state index in [-0.39, 0.29) is 11.3 Å². The second-order valence-electron chi connectivity index (χ2n) is 5.38. The first-order valence-electron chi connectivity index (χ1n) is 7.32. The number of nitro benzene ring substituents is 1. The number of carbonyl (C=O) groups excluding carboxylic acids is 1. The molecule has 2 aromatic rings. The zero-order valence-corrected chi connectivity index (χ0v) is 12.0. The molecule has 0 saturated heterocycles. The van der Waals surface area contributed by atoms with Crippen LogP contribution in [0.4, 0.5) is 11.4 Å². The van der Waals surface area contributed by atoms with Gasteiger partial charge in [0.25, 0.3) is 11.6 Å². The second kappa shape index (κ2) is 5.97. The van der Waals surface area contributed by atoms with Crippen LogP contribution in [0.2, 0.25) is 0 Å². The summed E-state index contributed by atoms with van der Waals surface area (Å²) >= 11 is 0. The van der Waals surface area contributed by atoms with Crippen LogP contribution in [-0.4, -0.2) is 10.8 Å². The number of nitrogens with zero attached hydrogens (tertiary/aromatic N) is 1. The lowest BCUT2D eigenvalue weighted by atomic mass is 9.90. The van der Waals surface area contributed by atoms with E-state index in [1.165, 1.54) is 17.7 Å². The molecule has 0 spiro atoms. The Morgan fingerprint density at radius 1 is 1.05 bits per heavy atom. The lowest BCUT2D eigenvalue weighted by Gasteiger charge is -2.19. The molecule has 5 nitrogen and oxygen atoms in total. The average Bonchev–Trinajstić information content (AvgIpc) is 2.55. The van der Waals surface area contributed by atoms with Crippen molar-refractivity contribution in [3.63, 3.8) is 0 Å². The van der Waals surface area contributed by atoms with Crippen LogP contribution >= 0.6 is 0 Å². The van der Waals surface area contributed by atoms with Gasteiger partial charge in [-0.1, -0.05) is 24.3 Å². The van der Waals surface area contributed by atoms with Gasteiger partial charge in [-0.15, -0.1) is 0 Å². The molecule has 3 rings (SSSR count). The van der Waals surface area contributed by atoms with Crippen molar-refractivity contribution < 1.29 is 9.72 Å². The molecule has 22 heavy (non-hydrogen) atoms. The predicted molar refractivity (Wildman–Crippen MR) is 84.1 cm³/mol. The van der Waals surface area contributed by atoms with Gasteiger partial charge < -0.3 is 5.32 Å². The molecular formula is C17H16N2O3. The fourth-order valence-electron chi connectivity index (χ4n) is 2.91. The first-order valence-corrected chi connectivity index (χ1v) is 7.32. The van der Waals surface area contributed by atoms with E-state index in [1.807, 2.05) is 12.1 Å². The number of fused-ring (bicyclic) bond motifs is 1. The molecule has 1 aliphatic rings. The third-order valence-electron chi connectivity index (χ3n) is 3.99. The summed E-state index contributed by atoms with van der Waals surface area (Å²) < 4.78 is 0. The van der Waals surface area contributed by atoms with Gasteiger partial charge in [0.1, 0.15) is 5.56 Å². The number of amides is 1. The van der Waals surface area contributed by atoms with Gasteiger partial charge >= 0.3 is 0 Å². The first kappa shape index (κ1) is 14.3. The molecule has 5 heteroatoms. The molecule has 0 aromatic heterocycles. The Morgan fingerprint density at radius 3 is 2.64 bits per heavy atom. The van der Waals surface area contributed by atoms with Crippen LogP contribution in [0.25, 0.3) is 0 Å². The molecule has 0 fully saturated rings. The highest BCUT2D eigenvalue weighted by Gasteiger charge is 2.21. The maximum atomic E-state index is 12.4. The van der Waals surface area contributed by atoms with Crippen molar-refractivity contribution in [3.05, 3.63) is 69.3 Å². The fraction of sp³-hybridized carbons (Fsp3) is 0.235. The van der Waals surface area contributed by atoms with E-state index in [1.54, 1.807) is 12.1 Å². The number of anilines is 1. The molecule has 1 aliphatic carbocycles. The molecule has 0 aliphatic heterocycles. The standard InChI is InChI=1S/C17H16N2O3/c20-17(14-9-3-4-11-16(14)19(21)22)18-15-10-5-7-12-6-1-2-8-13(12)15/h3-5,7,9-11H,1-2,6,8H2,(H,18,20). The number of hydrogen-bond donors (Lipinski definition) is 1. The van der Waals surface area contributed by atoms with E-state index in [0.29, 0.717) is 0 Å². The van der Waals surface area contributed by atoms with Crippen LogP contribution in [0.1, 0.15) is 34.3 Å². The van der Waals surface area contributed by atoms with Crippen LogP contribution in [0.3, 0.4) is 0 Å². The van der Waals surface area contributed by atoms with Crippen molar-refractivity contribution in [3.8, 4) is 0 Å². The molecule has 0 unspecified atom stereocenters. The zero-order valence-electron chi connectivity index (χ0n) is 12.0. The molecule has 0 radical (unpaired) electrons. The molecule has 112 valence electrons. The van der Waals surface area contributed by atoms with Gasteiger partial charge in [-0.2, -0.15) is 0 Å². The van der Waals surface area contributed by atoms with E-state index in [4.69, 9.17) is 0 Å². The van der Waals surface area contributed by atoms with Crippen LogP contribution in [-0.2, 0) is 12.8 Å². The highest BCUT2D eigenvalue weighted by Crippen LogP contribution is 2.28. The topological polar surface area (TPSA) is 72.2 Å². The molecule has 1 N–H and O–H groups in total. The van der Waals surface area contributed by atoms with Crippen molar-refractivity contribution in [2.75, 3.05) is 5.32 Å². The number of carbonyl (C=O) groups is 1. The second-order valence-corrected chi connectivity index (χ2v) is 5.38. The van der Waals surface area contributed by atoms with Gasteiger partial charge in [-0.05, 0) is 48.9 Å². The fourth-order valence-corrected chi connectivity index (χ4v) is 2.91. The van der Waals surface area contributed by atoms with Gasteiger partial charge in [-0.25, -0.2) is 0 Å². The average molecular weight is 296 g/mol.